The molecule has 1 fully saturated rings. The van der Waals surface area contributed by atoms with Crippen LogP contribution in [0.2, 0.25) is 0 Å². The molecule has 0 bridgehead atoms. The number of rotatable bonds is 5. The molecule has 3 aromatic carbocycles. The first-order valence-electron chi connectivity index (χ1n) is 10.1. The average Bonchev–Trinajstić information content (AvgIpc) is 3.06. The lowest BCUT2D eigenvalue weighted by Crippen LogP contribution is -2.35. The molecule has 0 saturated carbocycles. The zero-order valence-corrected chi connectivity index (χ0v) is 17.6. The van der Waals surface area contributed by atoms with Crippen LogP contribution in [0.25, 0.3) is 5.57 Å². The van der Waals surface area contributed by atoms with Gasteiger partial charge < -0.3 is 14.8 Å². The summed E-state index contributed by atoms with van der Waals surface area (Å²) >= 11 is 0. The number of esters is 2. The van der Waals surface area contributed by atoms with E-state index in [0.29, 0.717) is 11.3 Å². The number of carbonyl (C=O) groups is 4. The highest BCUT2D eigenvalue weighted by Gasteiger charge is 2.58. The summed E-state index contributed by atoms with van der Waals surface area (Å²) in [5, 5.41) is 2.74. The Balaban J connectivity index is 2.01. The first-order chi connectivity index (χ1) is 15.9. The van der Waals surface area contributed by atoms with Crippen molar-refractivity contribution in [3.63, 3.8) is 0 Å². The zero-order valence-electron chi connectivity index (χ0n) is 17.6. The summed E-state index contributed by atoms with van der Waals surface area (Å²) in [4.78, 5) is 51.3. The molecule has 7 nitrogen and oxygen atoms in total. The Bertz CT molecular complexity index is 1250. The fourth-order valence-corrected chi connectivity index (χ4v) is 3.66. The fourth-order valence-electron chi connectivity index (χ4n) is 3.66. The number of cyclic esters (lactones) is 1. The number of nitrogens with one attached hydrogen (secondary N) is 1. The van der Waals surface area contributed by atoms with E-state index in [0.717, 1.165) is 6.92 Å². The Morgan fingerprint density at radius 2 is 1.36 bits per heavy atom. The monoisotopic (exact) mass is 441 g/mol. The predicted octanol–water partition coefficient (Wildman–Crippen LogP) is 3.62. The highest BCUT2D eigenvalue weighted by Crippen LogP contribution is 2.45. The van der Waals surface area contributed by atoms with Gasteiger partial charge in [0.25, 0.3) is 11.7 Å². The van der Waals surface area contributed by atoms with Crippen molar-refractivity contribution in [2.75, 3.05) is 5.32 Å². The minimum absolute atomic E-state index is 0.139. The van der Waals surface area contributed by atoms with Gasteiger partial charge in [-0.3, -0.25) is 14.4 Å². The number of benzene rings is 3. The largest absolute Gasteiger partial charge is 0.414 e. The van der Waals surface area contributed by atoms with Crippen LogP contribution in [0, 0.1) is 0 Å². The Kier molecular flexibility index (Phi) is 5.87. The summed E-state index contributed by atoms with van der Waals surface area (Å²) in [6.45, 7) is 1.13. The molecule has 3 aromatic rings. The Hall–Kier alpha value is -4.52. The topological polar surface area (TPSA) is 98.8 Å². The second-order valence-electron chi connectivity index (χ2n) is 7.23. The van der Waals surface area contributed by atoms with Gasteiger partial charge in [-0.1, -0.05) is 78.9 Å². The summed E-state index contributed by atoms with van der Waals surface area (Å²) in [7, 11) is 0. The number of amides is 1. The van der Waals surface area contributed by atoms with Crippen molar-refractivity contribution >= 4 is 34.9 Å². The van der Waals surface area contributed by atoms with Gasteiger partial charge in [0, 0.05) is 18.2 Å². The van der Waals surface area contributed by atoms with E-state index >= 15 is 0 Å². The molecular weight excluding hydrogens is 422 g/mol. The molecule has 1 saturated heterocycles. The van der Waals surface area contributed by atoms with Gasteiger partial charge in [-0.05, 0) is 17.7 Å². The van der Waals surface area contributed by atoms with Gasteiger partial charge in [0.2, 0.25) is 0 Å². The van der Waals surface area contributed by atoms with Gasteiger partial charge >= 0.3 is 17.7 Å². The minimum Gasteiger partial charge on any atom is -0.414 e. The number of hydrogen-bond acceptors (Lipinski definition) is 6. The third-order valence-electron chi connectivity index (χ3n) is 4.99. The smallest absolute Gasteiger partial charge is 0.383 e. The molecule has 1 N–H and O–H groups in total. The number of para-hydroxylation sites is 1. The van der Waals surface area contributed by atoms with Crippen LogP contribution in [0.5, 0.6) is 0 Å². The SMILES string of the molecule is CC(=O)O[C@@]1(c2ccccc2)OC(=O)C(=O)/C1=C(\C(=O)Nc1ccccc1)c1ccccc1. The van der Waals surface area contributed by atoms with Crippen LogP contribution in [-0.2, 0) is 34.4 Å². The Morgan fingerprint density at radius 3 is 1.94 bits per heavy atom. The molecule has 0 radical (unpaired) electrons. The third-order valence-corrected chi connectivity index (χ3v) is 4.99. The maximum absolute atomic E-state index is 13.5. The summed E-state index contributed by atoms with van der Waals surface area (Å²) in [5.41, 5.74) is 0.538. The lowest BCUT2D eigenvalue weighted by atomic mass is 9.88. The minimum atomic E-state index is -2.21. The van der Waals surface area contributed by atoms with Crippen LogP contribution < -0.4 is 5.32 Å². The van der Waals surface area contributed by atoms with Crippen molar-refractivity contribution in [3.8, 4) is 0 Å². The molecule has 0 spiro atoms. The molecular formula is C26H19NO6. The molecule has 1 atom stereocenters. The van der Waals surface area contributed by atoms with Crippen LogP contribution in [0.3, 0.4) is 0 Å². The maximum Gasteiger partial charge on any atom is 0.383 e. The van der Waals surface area contributed by atoms with Crippen molar-refractivity contribution in [3.05, 3.63) is 108 Å². The van der Waals surface area contributed by atoms with Gasteiger partial charge in [0.1, 0.15) is 5.57 Å². The van der Waals surface area contributed by atoms with E-state index in [1.54, 1.807) is 91.0 Å². The van der Waals surface area contributed by atoms with Crippen molar-refractivity contribution < 1.29 is 28.7 Å². The molecule has 0 aromatic heterocycles. The first-order valence-corrected chi connectivity index (χ1v) is 10.1. The van der Waals surface area contributed by atoms with E-state index < -0.39 is 29.4 Å². The van der Waals surface area contributed by atoms with Gasteiger partial charge in [-0.25, -0.2) is 4.79 Å². The van der Waals surface area contributed by atoms with E-state index in [2.05, 4.69) is 5.32 Å². The molecule has 4 rings (SSSR count). The van der Waals surface area contributed by atoms with Gasteiger partial charge in [0.15, 0.2) is 0 Å². The average molecular weight is 441 g/mol. The lowest BCUT2D eigenvalue weighted by Gasteiger charge is -2.29. The Labute approximate surface area is 189 Å². The highest BCUT2D eigenvalue weighted by atomic mass is 16.7. The molecule has 1 amide bonds. The zero-order chi connectivity index (χ0) is 23.4. The molecule has 1 aliphatic rings. The Morgan fingerprint density at radius 1 is 0.818 bits per heavy atom. The molecule has 164 valence electrons. The molecule has 1 heterocycles. The van der Waals surface area contributed by atoms with E-state index in [9.17, 15) is 19.2 Å². The summed E-state index contributed by atoms with van der Waals surface area (Å²) in [6, 6.07) is 25.1. The van der Waals surface area contributed by atoms with Gasteiger partial charge in [-0.15, -0.1) is 0 Å². The quantitative estimate of drug-likeness (QED) is 0.369. The lowest BCUT2D eigenvalue weighted by molar-refractivity contribution is -0.206. The first kappa shape index (κ1) is 21.7. The second-order valence-corrected chi connectivity index (χ2v) is 7.23. The molecule has 7 heteroatoms. The maximum atomic E-state index is 13.5. The van der Waals surface area contributed by atoms with Crippen molar-refractivity contribution in [2.24, 2.45) is 0 Å². The van der Waals surface area contributed by atoms with Crippen LogP contribution >= 0.6 is 0 Å². The van der Waals surface area contributed by atoms with E-state index in [4.69, 9.17) is 9.47 Å². The van der Waals surface area contributed by atoms with E-state index in [1.807, 2.05) is 0 Å². The molecule has 0 unspecified atom stereocenters. The summed E-state index contributed by atoms with van der Waals surface area (Å²) in [5.74, 6) is -5.96. The molecule has 1 aliphatic heterocycles. The van der Waals surface area contributed by atoms with Crippen LogP contribution in [0.4, 0.5) is 5.69 Å². The number of anilines is 1. The van der Waals surface area contributed by atoms with Gasteiger partial charge in [0.05, 0.1) is 5.57 Å². The van der Waals surface area contributed by atoms with Gasteiger partial charge in [-0.2, -0.15) is 0 Å². The van der Waals surface area contributed by atoms with Crippen molar-refractivity contribution in [2.45, 2.75) is 12.7 Å². The molecule has 0 aliphatic carbocycles. The van der Waals surface area contributed by atoms with Crippen LogP contribution in [0.15, 0.2) is 96.6 Å². The standard InChI is InChI=1S/C26H19NO6/c1-17(28)32-26(19-13-7-3-8-14-19)22(23(29)25(31)33-26)21(18-11-5-2-6-12-18)24(30)27-20-15-9-4-10-16-20/h2-16H,1H3,(H,27,30)/b22-21+/t26-/m0/s1. The van der Waals surface area contributed by atoms with E-state index in [-0.39, 0.29) is 16.7 Å². The number of ketones is 1. The highest BCUT2D eigenvalue weighted by molar-refractivity contribution is 6.48. The number of hydrogen-bond donors (Lipinski definition) is 1. The van der Waals surface area contributed by atoms with Crippen molar-refractivity contribution in [1.29, 1.82) is 0 Å². The second kappa shape index (κ2) is 8.92. The number of Topliss-reactive ketones (excluding diaryl/α,β-unsaturated/α-hetero) is 1. The normalized spacial score (nSPS) is 18.9. The fraction of sp³-hybridized carbons (Fsp3) is 0.0769. The summed E-state index contributed by atoms with van der Waals surface area (Å²) < 4.78 is 10.9. The van der Waals surface area contributed by atoms with E-state index in [1.165, 1.54) is 0 Å². The third kappa shape index (κ3) is 4.16. The molecule has 33 heavy (non-hydrogen) atoms. The number of carbonyl (C=O) groups excluding carboxylic acids is 4. The van der Waals surface area contributed by atoms with Crippen molar-refractivity contribution in [1.82, 2.24) is 0 Å². The van der Waals surface area contributed by atoms with Crippen LogP contribution in [-0.4, -0.2) is 23.6 Å². The van der Waals surface area contributed by atoms with Crippen LogP contribution in [0.1, 0.15) is 18.1 Å². The summed E-state index contributed by atoms with van der Waals surface area (Å²) in [6.07, 6.45) is 0. The predicted molar refractivity (Wildman–Crippen MR) is 119 cm³/mol. The number of ether oxygens (including phenoxy) is 2.